The number of benzene rings is 2. The number of rotatable bonds is 7. The zero-order valence-corrected chi connectivity index (χ0v) is 18.9. The van der Waals surface area contributed by atoms with Gasteiger partial charge in [0, 0.05) is 31.7 Å². The van der Waals surface area contributed by atoms with Crippen molar-refractivity contribution in [1.82, 2.24) is 19.2 Å². The van der Waals surface area contributed by atoms with E-state index < -0.39 is 10.0 Å². The van der Waals surface area contributed by atoms with Gasteiger partial charge in [0.15, 0.2) is 0 Å². The molecule has 0 aliphatic rings. The Morgan fingerprint density at radius 3 is 2.52 bits per heavy atom. The Labute approximate surface area is 178 Å². The van der Waals surface area contributed by atoms with E-state index in [2.05, 4.69) is 26.2 Å². The lowest BCUT2D eigenvalue weighted by Gasteiger charge is -2.20. The highest BCUT2D eigenvalue weighted by molar-refractivity contribution is 9.10. The van der Waals surface area contributed by atoms with Crippen LogP contribution in [0.5, 0.6) is 0 Å². The molecule has 1 aromatic heterocycles. The largest absolute Gasteiger partial charge is 0.306 e. The highest BCUT2D eigenvalue weighted by Crippen LogP contribution is 2.18. The summed E-state index contributed by atoms with van der Waals surface area (Å²) in [7, 11) is -0.317. The molecular weight excluding hydrogens is 456 g/mol. The third kappa shape index (κ3) is 4.58. The molecule has 0 aliphatic carbocycles. The van der Waals surface area contributed by atoms with E-state index >= 15 is 0 Å². The molecule has 0 fully saturated rings. The summed E-state index contributed by atoms with van der Waals surface area (Å²) in [5.41, 5.74) is 0.545. The van der Waals surface area contributed by atoms with E-state index in [9.17, 15) is 13.2 Å². The molecule has 1 heterocycles. The van der Waals surface area contributed by atoms with Crippen LogP contribution in [0.4, 0.5) is 0 Å². The average Bonchev–Trinajstić information content (AvgIpc) is 2.70. The number of hydrogen-bond acceptors (Lipinski definition) is 5. The van der Waals surface area contributed by atoms with Gasteiger partial charge in [-0.3, -0.25) is 9.36 Å². The van der Waals surface area contributed by atoms with Gasteiger partial charge < -0.3 is 5.32 Å². The van der Waals surface area contributed by atoms with Crippen LogP contribution in [0.1, 0.15) is 18.8 Å². The number of likely N-dealkylation sites (N-methyl/N-ethyl adjacent to an activating group) is 1. The fourth-order valence-electron chi connectivity index (χ4n) is 3.06. The van der Waals surface area contributed by atoms with E-state index in [1.54, 1.807) is 44.4 Å². The summed E-state index contributed by atoms with van der Waals surface area (Å²) < 4.78 is 29.0. The fraction of sp³-hybridized carbons (Fsp3) is 0.300. The maximum absolute atomic E-state index is 12.7. The minimum absolute atomic E-state index is 0.103. The van der Waals surface area contributed by atoms with E-state index in [-0.39, 0.29) is 23.0 Å². The SMILES string of the molecule is CC(NCCN(C)S(=O)(=O)c1ccc(Br)cc1)c1nc2ccccc2c(=O)n1C. The summed E-state index contributed by atoms with van der Waals surface area (Å²) in [6, 6.07) is 13.6. The number of nitrogens with zero attached hydrogens (tertiary/aromatic N) is 3. The Morgan fingerprint density at radius 1 is 1.17 bits per heavy atom. The molecule has 154 valence electrons. The van der Waals surface area contributed by atoms with Crippen LogP contribution in [-0.4, -0.2) is 42.4 Å². The van der Waals surface area contributed by atoms with Gasteiger partial charge in [0.2, 0.25) is 10.0 Å². The molecule has 0 saturated carbocycles. The average molecular weight is 479 g/mol. The number of sulfonamides is 1. The molecule has 2 aromatic carbocycles. The molecule has 1 N–H and O–H groups in total. The molecule has 3 aromatic rings. The van der Waals surface area contributed by atoms with Crippen LogP contribution >= 0.6 is 15.9 Å². The van der Waals surface area contributed by atoms with Crippen LogP contribution in [0.15, 0.2) is 62.7 Å². The molecule has 0 saturated heterocycles. The summed E-state index contributed by atoms with van der Waals surface area (Å²) in [5.74, 6) is 0.604. The zero-order valence-electron chi connectivity index (χ0n) is 16.5. The van der Waals surface area contributed by atoms with Gasteiger partial charge in [0.05, 0.1) is 21.8 Å². The first-order valence-corrected chi connectivity index (χ1v) is 11.4. The predicted molar refractivity (Wildman–Crippen MR) is 117 cm³/mol. The first kappa shape index (κ1) is 21.6. The molecule has 3 rings (SSSR count). The molecule has 0 radical (unpaired) electrons. The lowest BCUT2D eigenvalue weighted by atomic mass is 10.2. The molecule has 0 bridgehead atoms. The summed E-state index contributed by atoms with van der Waals surface area (Å²) in [6.45, 7) is 2.60. The number of hydrogen-bond donors (Lipinski definition) is 1. The van der Waals surface area contributed by atoms with Gasteiger partial charge in [-0.2, -0.15) is 4.31 Å². The van der Waals surface area contributed by atoms with Crippen molar-refractivity contribution >= 4 is 36.9 Å². The van der Waals surface area contributed by atoms with Crippen LogP contribution in [0.2, 0.25) is 0 Å². The topological polar surface area (TPSA) is 84.3 Å². The highest BCUT2D eigenvalue weighted by atomic mass is 79.9. The monoisotopic (exact) mass is 478 g/mol. The van der Waals surface area contributed by atoms with Crippen LogP contribution in [0.25, 0.3) is 10.9 Å². The Balaban J connectivity index is 1.69. The number of aromatic nitrogens is 2. The van der Waals surface area contributed by atoms with E-state index in [0.717, 1.165) is 4.47 Å². The van der Waals surface area contributed by atoms with Crippen LogP contribution < -0.4 is 10.9 Å². The Bertz CT molecular complexity index is 1180. The van der Waals surface area contributed by atoms with Gasteiger partial charge in [-0.15, -0.1) is 0 Å². The normalized spacial score (nSPS) is 13.1. The second-order valence-electron chi connectivity index (χ2n) is 6.81. The molecule has 0 aliphatic heterocycles. The zero-order chi connectivity index (χ0) is 21.2. The summed E-state index contributed by atoms with van der Waals surface area (Å²) in [5, 5.41) is 3.83. The standard InChI is InChI=1S/C20H23BrN4O3S/c1-14(19-23-18-7-5-4-6-17(18)20(26)25(19)3)22-12-13-24(2)29(27,28)16-10-8-15(21)9-11-16/h4-11,14,22H,12-13H2,1-3H3. The van der Waals surface area contributed by atoms with Crippen LogP contribution in [0.3, 0.4) is 0 Å². The number of para-hydroxylation sites is 1. The maximum Gasteiger partial charge on any atom is 0.261 e. The molecule has 0 amide bonds. The first-order chi connectivity index (χ1) is 13.7. The van der Waals surface area contributed by atoms with Gasteiger partial charge in [0.1, 0.15) is 5.82 Å². The number of halogens is 1. The molecule has 0 spiro atoms. The maximum atomic E-state index is 12.7. The van der Waals surface area contributed by atoms with Crippen LogP contribution in [-0.2, 0) is 17.1 Å². The minimum atomic E-state index is -3.56. The molecule has 7 nitrogen and oxygen atoms in total. The quantitative estimate of drug-likeness (QED) is 0.564. The van der Waals surface area contributed by atoms with Crippen molar-refractivity contribution in [3.05, 3.63) is 69.2 Å². The second-order valence-corrected chi connectivity index (χ2v) is 9.77. The van der Waals surface area contributed by atoms with Crippen molar-refractivity contribution in [2.75, 3.05) is 20.1 Å². The van der Waals surface area contributed by atoms with Gasteiger partial charge in [0.25, 0.3) is 5.56 Å². The third-order valence-corrected chi connectivity index (χ3v) is 7.20. The van der Waals surface area contributed by atoms with Gasteiger partial charge in [-0.25, -0.2) is 13.4 Å². The van der Waals surface area contributed by atoms with E-state index in [1.807, 2.05) is 25.1 Å². The van der Waals surface area contributed by atoms with Gasteiger partial charge in [-0.05, 0) is 43.3 Å². The van der Waals surface area contributed by atoms with E-state index in [4.69, 9.17) is 0 Å². The fourth-order valence-corrected chi connectivity index (χ4v) is 4.49. The molecular formula is C20H23BrN4O3S. The van der Waals surface area contributed by atoms with Crippen LogP contribution in [0, 0.1) is 0 Å². The third-order valence-electron chi connectivity index (χ3n) is 4.80. The predicted octanol–water partition coefficient (Wildman–Crippen LogP) is 2.67. The lowest BCUT2D eigenvalue weighted by Crippen LogP contribution is -2.36. The summed E-state index contributed by atoms with van der Waals surface area (Å²) in [6.07, 6.45) is 0. The molecule has 1 unspecified atom stereocenters. The summed E-state index contributed by atoms with van der Waals surface area (Å²) >= 11 is 3.31. The Hall–Kier alpha value is -2.07. The van der Waals surface area contributed by atoms with Crippen molar-refractivity contribution in [3.63, 3.8) is 0 Å². The molecule has 1 atom stereocenters. The van der Waals surface area contributed by atoms with Gasteiger partial charge in [-0.1, -0.05) is 28.1 Å². The smallest absolute Gasteiger partial charge is 0.261 e. The Morgan fingerprint density at radius 2 is 1.83 bits per heavy atom. The molecule has 29 heavy (non-hydrogen) atoms. The minimum Gasteiger partial charge on any atom is -0.306 e. The summed E-state index contributed by atoms with van der Waals surface area (Å²) in [4.78, 5) is 17.4. The number of nitrogens with one attached hydrogen (secondary N) is 1. The van der Waals surface area contributed by atoms with Crippen molar-refractivity contribution in [1.29, 1.82) is 0 Å². The van der Waals surface area contributed by atoms with E-state index in [1.165, 1.54) is 8.87 Å². The second kappa shape index (κ2) is 8.74. The van der Waals surface area contributed by atoms with Crippen molar-refractivity contribution < 1.29 is 8.42 Å². The highest BCUT2D eigenvalue weighted by Gasteiger charge is 2.21. The van der Waals surface area contributed by atoms with Crippen molar-refractivity contribution in [3.8, 4) is 0 Å². The molecule has 9 heteroatoms. The number of fused-ring (bicyclic) bond motifs is 1. The first-order valence-electron chi connectivity index (χ1n) is 9.13. The lowest BCUT2D eigenvalue weighted by molar-refractivity contribution is 0.435. The van der Waals surface area contributed by atoms with Crippen molar-refractivity contribution in [2.24, 2.45) is 7.05 Å². The van der Waals surface area contributed by atoms with Gasteiger partial charge >= 0.3 is 0 Å². The van der Waals surface area contributed by atoms with Crippen molar-refractivity contribution in [2.45, 2.75) is 17.9 Å². The Kier molecular flexibility index (Phi) is 6.52. The van der Waals surface area contributed by atoms with E-state index in [0.29, 0.717) is 23.3 Å².